The molecule has 0 atom stereocenters. The summed E-state index contributed by atoms with van der Waals surface area (Å²) in [7, 11) is 0. The minimum absolute atomic E-state index is 0.265. The highest BCUT2D eigenvalue weighted by Crippen LogP contribution is 2.17. The van der Waals surface area contributed by atoms with Crippen molar-refractivity contribution in [3.8, 4) is 11.5 Å². The highest BCUT2D eigenvalue weighted by atomic mass is 16.5. The summed E-state index contributed by atoms with van der Waals surface area (Å²) >= 11 is 0. The van der Waals surface area contributed by atoms with Crippen LogP contribution in [0.25, 0.3) is 0 Å². The molecular weight excluding hydrogens is 250 g/mol. The molecule has 0 aliphatic rings. The van der Waals surface area contributed by atoms with Gasteiger partial charge in [0.15, 0.2) is 0 Å². The van der Waals surface area contributed by atoms with Gasteiger partial charge >= 0.3 is 0 Å². The molecule has 0 unspecified atom stereocenters. The first-order valence-corrected chi connectivity index (χ1v) is 6.86. The second-order valence-electron chi connectivity index (χ2n) is 5.14. The van der Waals surface area contributed by atoms with Crippen LogP contribution in [-0.2, 0) is 13.2 Å². The number of rotatable bonds is 6. The summed E-state index contributed by atoms with van der Waals surface area (Å²) < 4.78 is 5.76. The molecule has 2 rings (SSSR count). The topological polar surface area (TPSA) is 41.5 Å². The zero-order valence-electron chi connectivity index (χ0n) is 12.0. The van der Waals surface area contributed by atoms with Crippen molar-refractivity contribution in [2.24, 2.45) is 0 Å². The SMILES string of the molecule is CC(C)NCc1cccc(OCc2cccc(O)c2)c1. The van der Waals surface area contributed by atoms with Gasteiger partial charge in [0.25, 0.3) is 0 Å². The summed E-state index contributed by atoms with van der Waals surface area (Å²) in [6.45, 7) is 5.54. The van der Waals surface area contributed by atoms with Crippen LogP contribution in [0.4, 0.5) is 0 Å². The molecule has 0 bridgehead atoms. The van der Waals surface area contributed by atoms with Crippen LogP contribution in [0.2, 0.25) is 0 Å². The van der Waals surface area contributed by atoms with Gasteiger partial charge in [-0.3, -0.25) is 0 Å². The van der Waals surface area contributed by atoms with Crippen LogP contribution < -0.4 is 10.1 Å². The smallest absolute Gasteiger partial charge is 0.120 e. The van der Waals surface area contributed by atoms with Gasteiger partial charge in [0.2, 0.25) is 0 Å². The fraction of sp³-hybridized carbons (Fsp3) is 0.294. The normalized spacial score (nSPS) is 10.8. The molecule has 106 valence electrons. The Labute approximate surface area is 120 Å². The highest BCUT2D eigenvalue weighted by molar-refractivity contribution is 5.30. The molecule has 0 heterocycles. The lowest BCUT2D eigenvalue weighted by Gasteiger charge is -2.10. The molecule has 3 heteroatoms. The molecule has 0 amide bonds. The zero-order chi connectivity index (χ0) is 14.4. The van der Waals surface area contributed by atoms with E-state index in [0.29, 0.717) is 12.6 Å². The van der Waals surface area contributed by atoms with Crippen LogP contribution in [0.1, 0.15) is 25.0 Å². The van der Waals surface area contributed by atoms with E-state index in [2.05, 4.69) is 25.2 Å². The third-order valence-corrected chi connectivity index (χ3v) is 2.93. The first kappa shape index (κ1) is 14.4. The Balaban J connectivity index is 1.94. The molecule has 0 fully saturated rings. The Kier molecular flexibility index (Phi) is 5.02. The molecule has 2 aromatic carbocycles. The van der Waals surface area contributed by atoms with Crippen LogP contribution in [0.5, 0.6) is 11.5 Å². The lowest BCUT2D eigenvalue weighted by molar-refractivity contribution is 0.305. The van der Waals surface area contributed by atoms with Crippen molar-refractivity contribution in [1.82, 2.24) is 5.32 Å². The summed E-state index contributed by atoms with van der Waals surface area (Å²) in [5, 5.41) is 12.8. The molecule has 0 saturated carbocycles. The second-order valence-corrected chi connectivity index (χ2v) is 5.14. The Bertz CT molecular complexity index is 552. The second kappa shape index (κ2) is 6.96. The number of phenolic OH excluding ortho intramolecular Hbond substituents is 1. The van der Waals surface area contributed by atoms with Gasteiger partial charge in [-0.05, 0) is 35.4 Å². The molecule has 20 heavy (non-hydrogen) atoms. The van der Waals surface area contributed by atoms with Gasteiger partial charge in [0.05, 0.1) is 0 Å². The first-order valence-electron chi connectivity index (χ1n) is 6.86. The van der Waals surface area contributed by atoms with E-state index >= 15 is 0 Å². The lowest BCUT2D eigenvalue weighted by atomic mass is 10.2. The average molecular weight is 271 g/mol. The number of nitrogens with one attached hydrogen (secondary N) is 1. The van der Waals surface area contributed by atoms with Crippen LogP contribution in [0.3, 0.4) is 0 Å². The highest BCUT2D eigenvalue weighted by Gasteiger charge is 2.00. The third-order valence-electron chi connectivity index (χ3n) is 2.93. The molecule has 0 radical (unpaired) electrons. The molecule has 3 nitrogen and oxygen atoms in total. The van der Waals surface area contributed by atoms with Crippen molar-refractivity contribution < 1.29 is 9.84 Å². The fourth-order valence-corrected chi connectivity index (χ4v) is 1.88. The molecule has 0 aliphatic heterocycles. The van der Waals surface area contributed by atoms with Crippen molar-refractivity contribution in [1.29, 1.82) is 0 Å². The largest absolute Gasteiger partial charge is 0.508 e. The fourth-order valence-electron chi connectivity index (χ4n) is 1.88. The van der Waals surface area contributed by atoms with Crippen molar-refractivity contribution in [3.63, 3.8) is 0 Å². The van der Waals surface area contributed by atoms with E-state index in [0.717, 1.165) is 17.9 Å². The van der Waals surface area contributed by atoms with Crippen LogP contribution in [0, 0.1) is 0 Å². The monoisotopic (exact) mass is 271 g/mol. The van der Waals surface area contributed by atoms with Gasteiger partial charge in [0, 0.05) is 12.6 Å². The summed E-state index contributed by atoms with van der Waals surface area (Å²) in [5.74, 6) is 1.11. The lowest BCUT2D eigenvalue weighted by Crippen LogP contribution is -2.21. The summed E-state index contributed by atoms with van der Waals surface area (Å²) in [5.41, 5.74) is 2.16. The first-order chi connectivity index (χ1) is 9.63. The van der Waals surface area contributed by atoms with Crippen LogP contribution in [0.15, 0.2) is 48.5 Å². The number of aromatic hydroxyl groups is 1. The van der Waals surface area contributed by atoms with E-state index in [9.17, 15) is 5.11 Å². The number of hydrogen-bond acceptors (Lipinski definition) is 3. The Hall–Kier alpha value is -2.00. The van der Waals surface area contributed by atoms with Gasteiger partial charge in [-0.2, -0.15) is 0 Å². The van der Waals surface area contributed by atoms with E-state index in [1.54, 1.807) is 12.1 Å². The van der Waals surface area contributed by atoms with Crippen molar-refractivity contribution >= 4 is 0 Å². The molecule has 2 N–H and O–H groups in total. The van der Waals surface area contributed by atoms with Gasteiger partial charge in [-0.1, -0.05) is 38.1 Å². The summed E-state index contributed by atoms with van der Waals surface area (Å²) in [4.78, 5) is 0. The van der Waals surface area contributed by atoms with E-state index in [1.807, 2.05) is 30.3 Å². The van der Waals surface area contributed by atoms with E-state index in [1.165, 1.54) is 5.56 Å². The maximum absolute atomic E-state index is 9.41. The third kappa shape index (κ3) is 4.59. The van der Waals surface area contributed by atoms with E-state index < -0.39 is 0 Å². The minimum atomic E-state index is 0.265. The molecular formula is C17H21NO2. The summed E-state index contributed by atoms with van der Waals surface area (Å²) in [6.07, 6.45) is 0. The number of hydrogen-bond donors (Lipinski definition) is 2. The van der Waals surface area contributed by atoms with Crippen molar-refractivity contribution in [2.75, 3.05) is 0 Å². The van der Waals surface area contributed by atoms with E-state index in [-0.39, 0.29) is 5.75 Å². The average Bonchev–Trinajstić information content (AvgIpc) is 2.43. The van der Waals surface area contributed by atoms with Crippen molar-refractivity contribution in [3.05, 3.63) is 59.7 Å². The van der Waals surface area contributed by atoms with Gasteiger partial charge < -0.3 is 15.2 Å². The molecule has 2 aromatic rings. The quantitative estimate of drug-likeness (QED) is 0.845. The van der Waals surface area contributed by atoms with Crippen LogP contribution in [-0.4, -0.2) is 11.1 Å². The number of benzene rings is 2. The Morgan fingerprint density at radius 2 is 1.80 bits per heavy atom. The van der Waals surface area contributed by atoms with Gasteiger partial charge in [0.1, 0.15) is 18.1 Å². The number of ether oxygens (including phenoxy) is 1. The Morgan fingerprint density at radius 3 is 2.55 bits per heavy atom. The predicted octanol–water partition coefficient (Wildman–Crippen LogP) is 3.47. The maximum Gasteiger partial charge on any atom is 0.120 e. The molecule has 0 aliphatic carbocycles. The minimum Gasteiger partial charge on any atom is -0.508 e. The van der Waals surface area contributed by atoms with Crippen molar-refractivity contribution in [2.45, 2.75) is 33.0 Å². The van der Waals surface area contributed by atoms with Gasteiger partial charge in [-0.15, -0.1) is 0 Å². The standard InChI is InChI=1S/C17H21NO2/c1-13(2)18-11-14-5-4-8-17(10-14)20-12-15-6-3-7-16(19)9-15/h3-10,13,18-19H,11-12H2,1-2H3. The predicted molar refractivity (Wildman–Crippen MR) is 80.9 cm³/mol. The molecule has 0 saturated heterocycles. The van der Waals surface area contributed by atoms with Gasteiger partial charge in [-0.25, -0.2) is 0 Å². The maximum atomic E-state index is 9.41. The molecule has 0 spiro atoms. The molecule has 0 aromatic heterocycles. The Morgan fingerprint density at radius 1 is 1.05 bits per heavy atom. The summed E-state index contributed by atoms with van der Waals surface area (Å²) in [6, 6.07) is 15.6. The van der Waals surface area contributed by atoms with Crippen LogP contribution >= 0.6 is 0 Å². The number of phenols is 1. The zero-order valence-corrected chi connectivity index (χ0v) is 12.0. The van der Waals surface area contributed by atoms with E-state index in [4.69, 9.17) is 4.74 Å².